The summed E-state index contributed by atoms with van der Waals surface area (Å²) in [5.74, 6) is -0.267. The number of nitrogens with one attached hydrogen (secondary N) is 2. The predicted molar refractivity (Wildman–Crippen MR) is 80.2 cm³/mol. The van der Waals surface area contributed by atoms with E-state index in [2.05, 4.69) is 15.3 Å². The van der Waals surface area contributed by atoms with E-state index in [0.717, 1.165) is 5.69 Å². The number of aromatic amines is 1. The fourth-order valence-corrected chi connectivity index (χ4v) is 2.16. The molecule has 0 bridgehead atoms. The molecule has 0 aliphatic carbocycles. The zero-order valence-electron chi connectivity index (χ0n) is 11.5. The molecule has 2 heterocycles. The van der Waals surface area contributed by atoms with Gasteiger partial charge in [0.25, 0.3) is 5.56 Å². The highest BCUT2D eigenvalue weighted by Crippen LogP contribution is 2.08. The highest BCUT2D eigenvalue weighted by Gasteiger charge is 2.09. The maximum Gasteiger partial charge on any atom is 0.263 e. The lowest BCUT2D eigenvalue weighted by Crippen LogP contribution is -2.27. The predicted octanol–water partition coefficient (Wildman–Crippen LogP) is 1.67. The van der Waals surface area contributed by atoms with E-state index >= 15 is 0 Å². The molecule has 0 spiro atoms. The van der Waals surface area contributed by atoms with Gasteiger partial charge in [-0.3, -0.25) is 14.2 Å². The number of aryl methyl sites for hydroxylation is 1. The molecule has 3 rings (SSSR count). The van der Waals surface area contributed by atoms with Gasteiger partial charge in [0, 0.05) is 11.4 Å². The minimum Gasteiger partial charge on any atom is -0.343 e. The zero-order valence-corrected chi connectivity index (χ0v) is 11.5. The number of benzene rings is 1. The van der Waals surface area contributed by atoms with Gasteiger partial charge in [-0.15, -0.1) is 0 Å². The number of H-pyrrole nitrogens is 1. The molecular weight excluding hydrogens is 268 g/mol. The van der Waals surface area contributed by atoms with Crippen LogP contribution in [0.4, 0.5) is 5.69 Å². The molecule has 0 saturated carbocycles. The summed E-state index contributed by atoms with van der Waals surface area (Å²) in [6, 6.07) is 10.8. The first-order valence-electron chi connectivity index (χ1n) is 6.53. The van der Waals surface area contributed by atoms with Gasteiger partial charge in [0.2, 0.25) is 5.91 Å². The van der Waals surface area contributed by atoms with Crippen LogP contribution < -0.4 is 10.9 Å². The Hall–Kier alpha value is -2.89. The number of amides is 1. The van der Waals surface area contributed by atoms with E-state index in [9.17, 15) is 9.59 Å². The molecule has 21 heavy (non-hydrogen) atoms. The number of hydrogen-bond donors (Lipinski definition) is 2. The van der Waals surface area contributed by atoms with Crippen molar-refractivity contribution in [2.24, 2.45) is 0 Å². The van der Waals surface area contributed by atoms with Gasteiger partial charge in [-0.25, -0.2) is 4.98 Å². The molecular formula is C15H14N4O2. The van der Waals surface area contributed by atoms with Crippen LogP contribution in [0.3, 0.4) is 0 Å². The summed E-state index contributed by atoms with van der Waals surface area (Å²) in [7, 11) is 0. The van der Waals surface area contributed by atoms with E-state index < -0.39 is 0 Å². The second-order valence-corrected chi connectivity index (χ2v) is 4.81. The van der Waals surface area contributed by atoms with Crippen LogP contribution in [0.15, 0.2) is 47.5 Å². The summed E-state index contributed by atoms with van der Waals surface area (Å²) in [6.07, 6.45) is 1.38. The number of rotatable bonds is 3. The second-order valence-electron chi connectivity index (χ2n) is 4.81. The highest BCUT2D eigenvalue weighted by molar-refractivity contribution is 5.90. The molecule has 2 aromatic heterocycles. The molecule has 2 N–H and O–H groups in total. The Kier molecular flexibility index (Phi) is 3.27. The Morgan fingerprint density at radius 3 is 2.86 bits per heavy atom. The largest absolute Gasteiger partial charge is 0.343 e. The second kappa shape index (κ2) is 5.24. The number of nitrogens with zero attached hydrogens (tertiary/aromatic N) is 2. The van der Waals surface area contributed by atoms with Crippen LogP contribution in [0.1, 0.15) is 5.69 Å². The van der Waals surface area contributed by atoms with Crippen LogP contribution in [0.2, 0.25) is 0 Å². The Morgan fingerprint density at radius 2 is 2.10 bits per heavy atom. The van der Waals surface area contributed by atoms with Crippen LogP contribution in [-0.4, -0.2) is 20.4 Å². The van der Waals surface area contributed by atoms with Crippen molar-refractivity contribution in [3.05, 3.63) is 58.8 Å². The number of aromatic nitrogens is 3. The van der Waals surface area contributed by atoms with Crippen molar-refractivity contribution in [3.8, 4) is 0 Å². The molecule has 0 fully saturated rings. The number of hydrogen-bond acceptors (Lipinski definition) is 3. The zero-order chi connectivity index (χ0) is 14.8. The average Bonchev–Trinajstić information content (AvgIpc) is 2.85. The minimum absolute atomic E-state index is 0.0686. The van der Waals surface area contributed by atoms with Crippen LogP contribution in [0.25, 0.3) is 11.0 Å². The first-order valence-corrected chi connectivity index (χ1v) is 6.53. The Balaban J connectivity index is 1.83. The van der Waals surface area contributed by atoms with Crippen molar-refractivity contribution >= 4 is 22.6 Å². The first kappa shape index (κ1) is 13.1. The monoisotopic (exact) mass is 282 g/mol. The minimum atomic E-state index is -0.267. The Morgan fingerprint density at radius 1 is 1.33 bits per heavy atom. The van der Waals surface area contributed by atoms with Gasteiger partial charge in [0.15, 0.2) is 0 Å². The maximum atomic E-state index is 12.3. The third-order valence-electron chi connectivity index (χ3n) is 3.12. The average molecular weight is 282 g/mol. The van der Waals surface area contributed by atoms with E-state index in [4.69, 9.17) is 0 Å². The molecule has 1 amide bonds. The third-order valence-corrected chi connectivity index (χ3v) is 3.12. The standard InChI is InChI=1S/C15H14N4O2/c1-10-7-12-14(17-10)16-9-19(15(12)21)8-13(20)18-11-5-3-2-4-6-11/h2-7,9,17H,8H2,1H3,(H,18,20). The molecule has 0 radical (unpaired) electrons. The molecule has 0 aliphatic heterocycles. The van der Waals surface area contributed by atoms with Crippen molar-refractivity contribution in [1.82, 2.24) is 14.5 Å². The van der Waals surface area contributed by atoms with E-state index in [0.29, 0.717) is 16.7 Å². The van der Waals surface area contributed by atoms with Crippen LogP contribution in [-0.2, 0) is 11.3 Å². The summed E-state index contributed by atoms with van der Waals surface area (Å²) < 4.78 is 1.30. The Bertz CT molecular complexity index is 849. The van der Waals surface area contributed by atoms with Gasteiger partial charge >= 0.3 is 0 Å². The normalized spacial score (nSPS) is 10.7. The van der Waals surface area contributed by atoms with Gasteiger partial charge in [-0.05, 0) is 25.1 Å². The fraction of sp³-hybridized carbons (Fsp3) is 0.133. The molecule has 106 valence electrons. The van der Waals surface area contributed by atoms with E-state index in [1.54, 1.807) is 18.2 Å². The lowest BCUT2D eigenvalue weighted by Gasteiger charge is -2.06. The summed E-state index contributed by atoms with van der Waals surface area (Å²) in [6.45, 7) is 1.79. The van der Waals surface area contributed by atoms with Gasteiger partial charge in [-0.2, -0.15) is 0 Å². The third kappa shape index (κ3) is 2.69. The first-order chi connectivity index (χ1) is 10.1. The van der Waals surface area contributed by atoms with Crippen molar-refractivity contribution < 1.29 is 4.79 Å². The Labute approximate surface area is 120 Å². The molecule has 6 nitrogen and oxygen atoms in total. The molecule has 6 heteroatoms. The van der Waals surface area contributed by atoms with Crippen molar-refractivity contribution in [2.45, 2.75) is 13.5 Å². The topological polar surface area (TPSA) is 79.8 Å². The molecule has 0 atom stereocenters. The van der Waals surface area contributed by atoms with Gasteiger partial charge in [-0.1, -0.05) is 18.2 Å². The number of fused-ring (bicyclic) bond motifs is 1. The van der Waals surface area contributed by atoms with Gasteiger partial charge in [0.05, 0.1) is 5.39 Å². The molecule has 3 aromatic rings. The van der Waals surface area contributed by atoms with Gasteiger partial charge in [0.1, 0.15) is 18.5 Å². The molecule has 0 saturated heterocycles. The summed E-state index contributed by atoms with van der Waals surface area (Å²) in [5, 5.41) is 3.23. The smallest absolute Gasteiger partial charge is 0.263 e. The number of anilines is 1. The van der Waals surface area contributed by atoms with Crippen molar-refractivity contribution in [1.29, 1.82) is 0 Å². The molecule has 0 aliphatic rings. The van der Waals surface area contributed by atoms with Crippen molar-refractivity contribution in [3.63, 3.8) is 0 Å². The van der Waals surface area contributed by atoms with E-state index in [1.807, 2.05) is 25.1 Å². The number of carbonyl (C=O) groups is 1. The van der Waals surface area contributed by atoms with Crippen molar-refractivity contribution in [2.75, 3.05) is 5.32 Å². The fourth-order valence-electron chi connectivity index (χ4n) is 2.16. The SMILES string of the molecule is Cc1cc2c(=O)n(CC(=O)Nc3ccccc3)cnc2[nH]1. The highest BCUT2D eigenvalue weighted by atomic mass is 16.2. The molecule has 0 unspecified atom stereocenters. The van der Waals surface area contributed by atoms with Crippen LogP contribution in [0.5, 0.6) is 0 Å². The summed E-state index contributed by atoms with van der Waals surface area (Å²) >= 11 is 0. The maximum absolute atomic E-state index is 12.3. The number of carbonyl (C=O) groups excluding carboxylic acids is 1. The lowest BCUT2D eigenvalue weighted by atomic mass is 10.3. The van der Waals surface area contributed by atoms with E-state index in [1.165, 1.54) is 10.9 Å². The summed E-state index contributed by atoms with van der Waals surface area (Å²) in [5.41, 5.74) is 1.87. The molecule has 1 aromatic carbocycles. The van der Waals surface area contributed by atoms with E-state index in [-0.39, 0.29) is 18.0 Å². The van der Waals surface area contributed by atoms with Crippen LogP contribution in [0, 0.1) is 6.92 Å². The quantitative estimate of drug-likeness (QED) is 0.767. The lowest BCUT2D eigenvalue weighted by molar-refractivity contribution is -0.116. The van der Waals surface area contributed by atoms with Crippen LogP contribution >= 0.6 is 0 Å². The number of para-hydroxylation sites is 1. The summed E-state index contributed by atoms with van der Waals surface area (Å²) in [4.78, 5) is 31.4. The van der Waals surface area contributed by atoms with Gasteiger partial charge < -0.3 is 10.3 Å².